The van der Waals surface area contributed by atoms with E-state index in [1.165, 1.54) is 7.11 Å². The van der Waals surface area contributed by atoms with Gasteiger partial charge >= 0.3 is 0 Å². The number of hydrogen-bond acceptors (Lipinski definition) is 6. The predicted octanol–water partition coefficient (Wildman–Crippen LogP) is -1.42. The van der Waals surface area contributed by atoms with Gasteiger partial charge in [-0.3, -0.25) is 0 Å². The van der Waals surface area contributed by atoms with Gasteiger partial charge in [-0.05, 0) is 14.5 Å². The highest BCUT2D eigenvalue weighted by atomic mass is 31.2. The molecule has 6 nitrogen and oxygen atoms in total. The van der Waals surface area contributed by atoms with Crippen LogP contribution in [0.2, 0.25) is 0 Å². The van der Waals surface area contributed by atoms with Crippen LogP contribution in [0.1, 0.15) is 6.92 Å². The Kier molecular flexibility index (Phi) is 4.06. The first-order valence-corrected chi connectivity index (χ1v) is 6.04. The van der Waals surface area contributed by atoms with Gasteiger partial charge in [-0.15, -0.1) is 0 Å². The lowest BCUT2D eigenvalue weighted by atomic mass is 10.1. The molecule has 1 unspecified atom stereocenters. The Morgan fingerprint density at radius 1 is 1.53 bits per heavy atom. The van der Waals surface area contributed by atoms with Crippen molar-refractivity contribution in [3.63, 3.8) is 0 Å². The molecule has 15 heavy (non-hydrogen) atoms. The highest BCUT2D eigenvalue weighted by molar-refractivity contribution is 7.52. The minimum atomic E-state index is -4.71. The Labute approximate surface area is 87.7 Å². The molecule has 0 aliphatic carbocycles. The summed E-state index contributed by atoms with van der Waals surface area (Å²) in [5.74, 6) is 0.506. The van der Waals surface area contributed by atoms with Crippen molar-refractivity contribution in [2.24, 2.45) is 0 Å². The molecule has 0 aromatic rings. The fourth-order valence-electron chi connectivity index (χ4n) is 1.55. The van der Waals surface area contributed by atoms with Gasteiger partial charge < -0.3 is 28.9 Å². The quantitative estimate of drug-likeness (QED) is 0.603. The van der Waals surface area contributed by atoms with Crippen molar-refractivity contribution in [2.45, 2.75) is 31.3 Å². The van der Waals surface area contributed by atoms with Crippen molar-refractivity contribution in [3.05, 3.63) is 11.9 Å². The summed E-state index contributed by atoms with van der Waals surface area (Å²) in [6.45, 7) is 1.69. The second kappa shape index (κ2) is 4.74. The predicted molar refractivity (Wildman–Crippen MR) is 47.9 cm³/mol. The molecule has 0 aromatic heterocycles. The fourth-order valence-corrected chi connectivity index (χ4v) is 1.93. The maximum Gasteiger partial charge on any atom is 0.112 e. The zero-order valence-electron chi connectivity index (χ0n) is 8.40. The van der Waals surface area contributed by atoms with Gasteiger partial charge in [0.1, 0.15) is 18.3 Å². The number of methoxy groups -OCH3 is 1. The van der Waals surface area contributed by atoms with Crippen molar-refractivity contribution in [1.82, 2.24) is 0 Å². The summed E-state index contributed by atoms with van der Waals surface area (Å²) in [4.78, 5) is 20.7. The van der Waals surface area contributed by atoms with Crippen LogP contribution in [-0.4, -0.2) is 36.6 Å². The average Bonchev–Trinajstić information content (AvgIpc) is 2.37. The Balaban J connectivity index is 2.67. The van der Waals surface area contributed by atoms with E-state index >= 15 is 0 Å². The molecule has 1 fully saturated rings. The van der Waals surface area contributed by atoms with Crippen molar-refractivity contribution in [2.75, 3.05) is 7.11 Å². The van der Waals surface area contributed by atoms with Crippen LogP contribution >= 0.6 is 7.60 Å². The van der Waals surface area contributed by atoms with E-state index in [0.29, 0.717) is 5.82 Å². The first kappa shape index (κ1) is 12.8. The van der Waals surface area contributed by atoms with E-state index < -0.39 is 25.9 Å². The molecule has 1 saturated heterocycles. The summed E-state index contributed by atoms with van der Waals surface area (Å²) in [5, 5.41) is 9.62. The van der Waals surface area contributed by atoms with E-state index in [4.69, 9.17) is 9.47 Å². The third kappa shape index (κ3) is 3.38. The van der Waals surface area contributed by atoms with Crippen LogP contribution in [0.5, 0.6) is 0 Å². The summed E-state index contributed by atoms with van der Waals surface area (Å²) in [6.07, 6.45) is -1.61. The van der Waals surface area contributed by atoms with E-state index in [1.54, 1.807) is 6.92 Å². The third-order valence-electron chi connectivity index (χ3n) is 2.24. The molecule has 0 radical (unpaired) electrons. The molecule has 7 heteroatoms. The SMILES string of the molecule is CO[C@H]1C(O)[C@@H](/C=C\P(=O)([O-])[O-])O[C@H]1C. The van der Waals surface area contributed by atoms with Crippen LogP contribution in [0.25, 0.3) is 0 Å². The molecule has 4 atom stereocenters. The molecule has 1 rings (SSSR count). The molecule has 1 aliphatic rings. The highest BCUT2D eigenvalue weighted by Gasteiger charge is 2.40. The van der Waals surface area contributed by atoms with E-state index in [0.717, 1.165) is 6.08 Å². The smallest absolute Gasteiger partial charge is 0.112 e. The van der Waals surface area contributed by atoms with Gasteiger partial charge in [0.2, 0.25) is 0 Å². The van der Waals surface area contributed by atoms with Gasteiger partial charge in [0, 0.05) is 7.11 Å². The molecule has 0 spiro atoms. The summed E-state index contributed by atoms with van der Waals surface area (Å²) >= 11 is 0. The average molecular weight is 236 g/mol. The monoisotopic (exact) mass is 236 g/mol. The summed E-state index contributed by atoms with van der Waals surface area (Å²) in [7, 11) is -3.28. The van der Waals surface area contributed by atoms with Crippen LogP contribution in [0.3, 0.4) is 0 Å². The molecule has 88 valence electrons. The van der Waals surface area contributed by atoms with E-state index in [1.807, 2.05) is 0 Å². The van der Waals surface area contributed by atoms with Gasteiger partial charge in [0.15, 0.2) is 0 Å². The second-order valence-electron chi connectivity index (χ2n) is 3.38. The Morgan fingerprint density at radius 3 is 2.53 bits per heavy atom. The topological polar surface area (TPSA) is 102 Å². The summed E-state index contributed by atoms with van der Waals surface area (Å²) in [6, 6.07) is 0. The molecule has 0 amide bonds. The lowest BCUT2D eigenvalue weighted by Crippen LogP contribution is -2.32. The third-order valence-corrected chi connectivity index (χ3v) is 2.78. The van der Waals surface area contributed by atoms with Gasteiger partial charge in [0.25, 0.3) is 0 Å². The maximum absolute atomic E-state index is 10.3. The number of aliphatic hydroxyl groups excluding tert-OH is 1. The number of aliphatic hydroxyl groups is 1. The standard InChI is InChI=1S/C8H15O6P/c1-5-8(13-2)7(9)6(14-5)3-4-15(10,11)12/h3-9H,1-2H3,(H2,10,11,12)/p-2/b4-3-/t5-,6+,7?,8+/m0/s1. The maximum atomic E-state index is 10.3. The molecule has 1 heterocycles. The van der Waals surface area contributed by atoms with Gasteiger partial charge in [-0.1, -0.05) is 11.9 Å². The van der Waals surface area contributed by atoms with E-state index in [-0.39, 0.29) is 6.10 Å². The van der Waals surface area contributed by atoms with Crippen LogP contribution in [-0.2, 0) is 14.0 Å². The Hall–Kier alpha value is -0.230. The number of rotatable bonds is 3. The minimum Gasteiger partial charge on any atom is -0.808 e. The minimum absolute atomic E-state index is 0.350. The van der Waals surface area contributed by atoms with E-state index in [2.05, 4.69) is 0 Å². The lowest BCUT2D eigenvalue weighted by Gasteiger charge is -2.25. The fraction of sp³-hybridized carbons (Fsp3) is 0.750. The van der Waals surface area contributed by atoms with Crippen LogP contribution < -0.4 is 9.79 Å². The van der Waals surface area contributed by atoms with Gasteiger partial charge in [-0.2, -0.15) is 0 Å². The van der Waals surface area contributed by atoms with Crippen LogP contribution in [0.15, 0.2) is 11.9 Å². The highest BCUT2D eigenvalue weighted by Crippen LogP contribution is 2.29. The molecule has 1 aliphatic heterocycles. The zero-order valence-corrected chi connectivity index (χ0v) is 9.29. The zero-order chi connectivity index (χ0) is 11.6. The molecular weight excluding hydrogens is 223 g/mol. The van der Waals surface area contributed by atoms with Crippen LogP contribution in [0.4, 0.5) is 0 Å². The lowest BCUT2D eigenvalue weighted by molar-refractivity contribution is -0.308. The number of hydrogen-bond donors (Lipinski definition) is 1. The van der Waals surface area contributed by atoms with Gasteiger partial charge in [-0.25, -0.2) is 0 Å². The molecule has 0 aromatic carbocycles. The van der Waals surface area contributed by atoms with Crippen LogP contribution in [0, 0.1) is 0 Å². The first-order valence-electron chi connectivity index (χ1n) is 4.42. The Bertz CT molecular complexity index is 285. The van der Waals surface area contributed by atoms with Crippen molar-refractivity contribution >= 4 is 7.60 Å². The Morgan fingerprint density at radius 2 is 2.13 bits per heavy atom. The normalized spacial score (nSPS) is 37.7. The second-order valence-corrected chi connectivity index (χ2v) is 4.76. The largest absolute Gasteiger partial charge is 0.808 e. The van der Waals surface area contributed by atoms with Crippen molar-refractivity contribution in [1.29, 1.82) is 0 Å². The summed E-state index contributed by atoms with van der Waals surface area (Å²) < 4.78 is 20.5. The molecule has 1 N–H and O–H groups in total. The molecular formula is C8H13O6P-2. The van der Waals surface area contributed by atoms with E-state index in [9.17, 15) is 19.5 Å². The van der Waals surface area contributed by atoms with Crippen molar-refractivity contribution < 1.29 is 28.9 Å². The summed E-state index contributed by atoms with van der Waals surface area (Å²) in [5.41, 5.74) is 0. The molecule has 0 bridgehead atoms. The van der Waals surface area contributed by atoms with Gasteiger partial charge in [0.05, 0.1) is 6.10 Å². The number of ether oxygens (including phenoxy) is 2. The van der Waals surface area contributed by atoms with Crippen molar-refractivity contribution in [3.8, 4) is 0 Å². The molecule has 0 saturated carbocycles. The first-order chi connectivity index (χ1) is 6.85.